The Morgan fingerprint density at radius 1 is 1.35 bits per heavy atom. The quantitative estimate of drug-likeness (QED) is 0.864. The smallest absolute Gasteiger partial charge is 0.396 e. The maximum atomic E-state index is 12.8. The van der Waals surface area contributed by atoms with E-state index in [4.69, 9.17) is 10.2 Å². The molecule has 0 saturated heterocycles. The van der Waals surface area contributed by atoms with Gasteiger partial charge in [0, 0.05) is 0 Å². The monoisotopic (exact) mass is 248 g/mol. The van der Waals surface area contributed by atoms with Gasteiger partial charge in [0.05, 0.1) is 11.8 Å². The number of alkyl halides is 3. The molecule has 1 unspecified atom stereocenters. The van der Waals surface area contributed by atoms with Gasteiger partial charge in [-0.05, 0) is 17.7 Å². The second-order valence-electron chi connectivity index (χ2n) is 3.74. The molecule has 0 aliphatic rings. The molecular formula is C11H11F3O3. The van der Waals surface area contributed by atoms with E-state index >= 15 is 0 Å². The second kappa shape index (κ2) is 4.65. The summed E-state index contributed by atoms with van der Waals surface area (Å²) in [6, 6.07) is 4.55. The van der Waals surface area contributed by atoms with Crippen LogP contribution < -0.4 is 0 Å². The molecule has 6 heteroatoms. The first-order chi connectivity index (χ1) is 7.73. The third kappa shape index (κ3) is 3.12. The van der Waals surface area contributed by atoms with E-state index < -0.39 is 24.0 Å². The molecule has 3 nitrogen and oxygen atoms in total. The fraction of sp³-hybridized carbons (Fsp3) is 0.364. The van der Waals surface area contributed by atoms with Crippen molar-refractivity contribution in [1.29, 1.82) is 0 Å². The predicted molar refractivity (Wildman–Crippen MR) is 53.7 cm³/mol. The Hall–Kier alpha value is -1.72. The van der Waals surface area contributed by atoms with Crippen molar-refractivity contribution in [2.45, 2.75) is 19.0 Å². The average molecular weight is 248 g/mol. The highest BCUT2D eigenvalue weighted by Gasteiger charge is 2.46. The van der Waals surface area contributed by atoms with Gasteiger partial charge in [-0.15, -0.1) is 0 Å². The molecule has 2 N–H and O–H groups in total. The zero-order valence-corrected chi connectivity index (χ0v) is 8.90. The normalized spacial score (nSPS) is 15.3. The van der Waals surface area contributed by atoms with Crippen molar-refractivity contribution in [2.75, 3.05) is 0 Å². The number of hydrogen-bond acceptors (Lipinski definition) is 2. The van der Waals surface area contributed by atoms with Crippen molar-refractivity contribution in [3.8, 4) is 5.75 Å². The first-order valence-electron chi connectivity index (χ1n) is 4.82. The molecule has 94 valence electrons. The van der Waals surface area contributed by atoms with Crippen LogP contribution in [0.5, 0.6) is 5.75 Å². The molecule has 0 radical (unpaired) electrons. The molecule has 0 heterocycles. The lowest BCUT2D eigenvalue weighted by molar-refractivity contribution is -0.173. The highest BCUT2D eigenvalue weighted by atomic mass is 19.4. The van der Waals surface area contributed by atoms with Gasteiger partial charge in [0.15, 0.2) is 0 Å². The zero-order valence-electron chi connectivity index (χ0n) is 8.90. The van der Waals surface area contributed by atoms with Crippen LogP contribution in [0.25, 0.3) is 0 Å². The third-order valence-corrected chi connectivity index (χ3v) is 2.47. The van der Waals surface area contributed by atoms with Gasteiger partial charge in [0.2, 0.25) is 0 Å². The van der Waals surface area contributed by atoms with Crippen LogP contribution in [-0.4, -0.2) is 22.4 Å². The SMILES string of the molecule is CC(C(=O)O)[C@H](c1cccc(O)c1)C(F)(F)F. The topological polar surface area (TPSA) is 57.5 Å². The lowest BCUT2D eigenvalue weighted by Crippen LogP contribution is -2.31. The summed E-state index contributed by atoms with van der Waals surface area (Å²) < 4.78 is 38.4. The lowest BCUT2D eigenvalue weighted by Gasteiger charge is -2.24. The molecule has 0 aromatic heterocycles. The number of carbonyl (C=O) groups is 1. The summed E-state index contributed by atoms with van der Waals surface area (Å²) >= 11 is 0. The van der Waals surface area contributed by atoms with E-state index in [0.717, 1.165) is 19.1 Å². The van der Waals surface area contributed by atoms with Gasteiger partial charge < -0.3 is 10.2 Å². The lowest BCUT2D eigenvalue weighted by atomic mass is 9.86. The van der Waals surface area contributed by atoms with Crippen molar-refractivity contribution in [3.05, 3.63) is 29.8 Å². The molecule has 0 bridgehead atoms. The van der Waals surface area contributed by atoms with Crippen LogP contribution in [-0.2, 0) is 4.79 Å². The summed E-state index contributed by atoms with van der Waals surface area (Å²) in [4.78, 5) is 10.7. The number of halogens is 3. The van der Waals surface area contributed by atoms with Crippen LogP contribution in [0.4, 0.5) is 13.2 Å². The predicted octanol–water partition coefficient (Wildman–Crippen LogP) is 2.76. The number of aromatic hydroxyl groups is 1. The van der Waals surface area contributed by atoms with Gasteiger partial charge in [-0.2, -0.15) is 13.2 Å². The van der Waals surface area contributed by atoms with Crippen molar-refractivity contribution < 1.29 is 28.2 Å². The maximum absolute atomic E-state index is 12.8. The van der Waals surface area contributed by atoms with Gasteiger partial charge in [-0.25, -0.2) is 0 Å². The highest BCUT2D eigenvalue weighted by Crippen LogP contribution is 2.41. The Kier molecular flexibility index (Phi) is 3.65. The van der Waals surface area contributed by atoms with Crippen molar-refractivity contribution in [1.82, 2.24) is 0 Å². The third-order valence-electron chi connectivity index (χ3n) is 2.47. The fourth-order valence-electron chi connectivity index (χ4n) is 1.62. The number of phenols is 1. The molecule has 1 rings (SSSR count). The number of hydrogen-bond donors (Lipinski definition) is 2. The van der Waals surface area contributed by atoms with Gasteiger partial charge in [0.25, 0.3) is 0 Å². The van der Waals surface area contributed by atoms with E-state index in [9.17, 15) is 18.0 Å². The fourth-order valence-corrected chi connectivity index (χ4v) is 1.62. The number of phenolic OH excluding ortho intramolecular Hbond substituents is 1. The molecule has 0 aliphatic carbocycles. The summed E-state index contributed by atoms with van der Waals surface area (Å²) in [5.41, 5.74) is -0.257. The van der Waals surface area contributed by atoms with E-state index in [1.54, 1.807) is 0 Å². The van der Waals surface area contributed by atoms with Crippen LogP contribution in [0.15, 0.2) is 24.3 Å². The van der Waals surface area contributed by atoms with E-state index in [2.05, 4.69) is 0 Å². The standard InChI is InChI=1S/C11H11F3O3/c1-6(10(16)17)9(11(12,13)14)7-3-2-4-8(15)5-7/h2-6,9,15H,1H3,(H,16,17)/t6?,9-/m1/s1. The van der Waals surface area contributed by atoms with Crippen molar-refractivity contribution in [3.63, 3.8) is 0 Å². The molecule has 0 saturated carbocycles. The highest BCUT2D eigenvalue weighted by molar-refractivity contribution is 5.71. The van der Waals surface area contributed by atoms with Gasteiger partial charge >= 0.3 is 12.1 Å². The van der Waals surface area contributed by atoms with E-state index in [1.807, 2.05) is 0 Å². The Morgan fingerprint density at radius 3 is 2.35 bits per heavy atom. The molecule has 1 aromatic carbocycles. The van der Waals surface area contributed by atoms with Gasteiger partial charge in [0.1, 0.15) is 5.75 Å². The number of benzene rings is 1. The number of rotatable bonds is 3. The van der Waals surface area contributed by atoms with E-state index in [-0.39, 0.29) is 11.3 Å². The summed E-state index contributed by atoms with van der Waals surface area (Å²) in [6.45, 7) is 0.991. The first kappa shape index (κ1) is 13.3. The zero-order chi connectivity index (χ0) is 13.2. The summed E-state index contributed by atoms with van der Waals surface area (Å²) in [5, 5.41) is 17.8. The maximum Gasteiger partial charge on any atom is 0.396 e. The number of carboxylic acid groups (broad SMARTS) is 1. The Bertz CT molecular complexity index is 415. The van der Waals surface area contributed by atoms with Crippen LogP contribution >= 0.6 is 0 Å². The van der Waals surface area contributed by atoms with Crippen LogP contribution in [0, 0.1) is 5.92 Å². The van der Waals surface area contributed by atoms with Crippen LogP contribution in [0.2, 0.25) is 0 Å². The molecule has 0 aliphatic heterocycles. The van der Waals surface area contributed by atoms with Crippen LogP contribution in [0.1, 0.15) is 18.4 Å². The van der Waals surface area contributed by atoms with E-state index in [0.29, 0.717) is 0 Å². The number of carboxylic acids is 1. The summed E-state index contributed by atoms with van der Waals surface area (Å²) in [7, 11) is 0. The minimum absolute atomic E-state index is 0.257. The Balaban J connectivity index is 3.20. The first-order valence-corrected chi connectivity index (χ1v) is 4.82. The molecule has 0 amide bonds. The van der Waals surface area contributed by atoms with Crippen molar-refractivity contribution in [2.24, 2.45) is 5.92 Å². The molecule has 0 spiro atoms. The number of aliphatic carboxylic acids is 1. The molecule has 17 heavy (non-hydrogen) atoms. The molecule has 2 atom stereocenters. The molecule has 0 fully saturated rings. The van der Waals surface area contributed by atoms with E-state index in [1.165, 1.54) is 12.1 Å². The minimum Gasteiger partial charge on any atom is -0.508 e. The Labute approximate surface area is 95.5 Å². The summed E-state index contributed by atoms with van der Waals surface area (Å²) in [5.74, 6) is -5.60. The Morgan fingerprint density at radius 2 is 1.94 bits per heavy atom. The minimum atomic E-state index is -4.68. The summed E-state index contributed by atoms with van der Waals surface area (Å²) in [6.07, 6.45) is -4.68. The molecular weight excluding hydrogens is 237 g/mol. The van der Waals surface area contributed by atoms with Crippen LogP contribution in [0.3, 0.4) is 0 Å². The van der Waals surface area contributed by atoms with Gasteiger partial charge in [-0.3, -0.25) is 4.79 Å². The molecule has 1 aromatic rings. The van der Waals surface area contributed by atoms with Gasteiger partial charge in [-0.1, -0.05) is 19.1 Å². The average Bonchev–Trinajstić information content (AvgIpc) is 2.15. The van der Waals surface area contributed by atoms with Crippen molar-refractivity contribution >= 4 is 5.97 Å². The second-order valence-corrected chi connectivity index (χ2v) is 3.74. The largest absolute Gasteiger partial charge is 0.508 e.